The van der Waals surface area contributed by atoms with Gasteiger partial charge in [-0.15, -0.1) is 0 Å². The molecule has 0 aromatic carbocycles. The van der Waals surface area contributed by atoms with Gasteiger partial charge in [0.05, 0.1) is 0 Å². The Balaban J connectivity index is 2.23. The predicted molar refractivity (Wildman–Crippen MR) is 56.7 cm³/mol. The smallest absolute Gasteiger partial charge is 0.252 e. The normalized spacial score (nSPS) is 17.2. The number of rotatable bonds is 7. The summed E-state index contributed by atoms with van der Waals surface area (Å²) >= 11 is 1.48. The van der Waals surface area contributed by atoms with Crippen molar-refractivity contribution in [2.45, 2.75) is 43.9 Å². The third-order valence-electron chi connectivity index (χ3n) is 2.01. The lowest BCUT2D eigenvalue weighted by molar-refractivity contribution is -0.123. The van der Waals surface area contributed by atoms with Crippen LogP contribution in [-0.4, -0.2) is 23.6 Å². The van der Waals surface area contributed by atoms with Gasteiger partial charge in [0.15, 0.2) is 0 Å². The van der Waals surface area contributed by atoms with Crippen LogP contribution in [0.4, 0.5) is 0 Å². The van der Waals surface area contributed by atoms with E-state index in [0.29, 0.717) is 18.1 Å². The lowest BCUT2D eigenvalue weighted by Crippen LogP contribution is -2.41. The van der Waals surface area contributed by atoms with Crippen molar-refractivity contribution in [1.82, 2.24) is 10.0 Å². The van der Waals surface area contributed by atoms with Crippen LogP contribution in [0, 0.1) is 0 Å². The number of hydrogen-bond acceptors (Lipinski definition) is 3. The molecule has 0 aromatic heterocycles. The minimum Gasteiger partial charge on any atom is -0.347 e. The average Bonchev–Trinajstić information content (AvgIpc) is 2.97. The zero-order valence-electron chi connectivity index (χ0n) is 8.29. The molecule has 0 bridgehead atoms. The number of nitrogens with one attached hydrogen (secondary N) is 2. The van der Waals surface area contributed by atoms with Crippen LogP contribution in [0.15, 0.2) is 0 Å². The van der Waals surface area contributed by atoms with Crippen molar-refractivity contribution in [1.29, 1.82) is 0 Å². The molecule has 2 N–H and O–H groups in total. The summed E-state index contributed by atoms with van der Waals surface area (Å²) in [5.74, 6) is -0.0872. The van der Waals surface area contributed by atoms with Gasteiger partial charge in [-0.05, 0) is 31.2 Å². The van der Waals surface area contributed by atoms with Gasteiger partial charge in [0.25, 0.3) is 5.91 Å². The first-order valence-electron chi connectivity index (χ1n) is 4.93. The van der Waals surface area contributed by atoms with E-state index in [9.17, 15) is 9.59 Å². The van der Waals surface area contributed by atoms with E-state index in [1.807, 2.05) is 6.92 Å². The van der Waals surface area contributed by atoms with Gasteiger partial charge in [-0.1, -0.05) is 13.3 Å². The Hall–Kier alpha value is -0.710. The van der Waals surface area contributed by atoms with Crippen LogP contribution in [0.5, 0.6) is 0 Å². The molecule has 1 rings (SSSR count). The Morgan fingerprint density at radius 3 is 2.86 bits per heavy atom. The highest BCUT2D eigenvalue weighted by atomic mass is 32.2. The van der Waals surface area contributed by atoms with Crippen LogP contribution in [0.25, 0.3) is 0 Å². The fourth-order valence-corrected chi connectivity index (χ4v) is 1.86. The molecule has 1 atom stereocenters. The van der Waals surface area contributed by atoms with Crippen molar-refractivity contribution in [2.75, 3.05) is 0 Å². The highest BCUT2D eigenvalue weighted by Crippen LogP contribution is 2.31. The summed E-state index contributed by atoms with van der Waals surface area (Å²) in [6.07, 6.45) is 4.53. The predicted octanol–water partition coefficient (Wildman–Crippen LogP) is 0.828. The van der Waals surface area contributed by atoms with Crippen molar-refractivity contribution < 1.29 is 9.59 Å². The molecule has 0 heterocycles. The number of hydrogen-bond donors (Lipinski definition) is 2. The molecule has 0 aromatic rings. The molecule has 0 spiro atoms. The van der Waals surface area contributed by atoms with Gasteiger partial charge in [-0.25, -0.2) is 0 Å². The maximum atomic E-state index is 11.5. The summed E-state index contributed by atoms with van der Waals surface area (Å²) in [5, 5.41) is 3.12. The summed E-state index contributed by atoms with van der Waals surface area (Å²) < 4.78 is 2.77. The topological polar surface area (TPSA) is 58.2 Å². The molecule has 80 valence electrons. The van der Waals surface area contributed by atoms with Gasteiger partial charge in [0.2, 0.25) is 6.41 Å². The molecule has 0 saturated heterocycles. The van der Waals surface area contributed by atoms with E-state index in [0.717, 1.165) is 6.42 Å². The van der Waals surface area contributed by atoms with Crippen LogP contribution >= 0.6 is 11.9 Å². The van der Waals surface area contributed by atoms with E-state index in [4.69, 9.17) is 0 Å². The summed E-state index contributed by atoms with van der Waals surface area (Å²) in [6, 6.07) is -0.372. The van der Waals surface area contributed by atoms with Crippen LogP contribution in [-0.2, 0) is 9.59 Å². The second kappa shape index (κ2) is 5.90. The maximum Gasteiger partial charge on any atom is 0.252 e. The average molecular weight is 216 g/mol. The molecule has 2 amide bonds. The zero-order valence-corrected chi connectivity index (χ0v) is 9.10. The van der Waals surface area contributed by atoms with E-state index in [2.05, 4.69) is 10.0 Å². The number of amides is 2. The van der Waals surface area contributed by atoms with Gasteiger partial charge in [-0.3, -0.25) is 14.3 Å². The highest BCUT2D eigenvalue weighted by molar-refractivity contribution is 7.98. The minimum atomic E-state index is -0.372. The van der Waals surface area contributed by atoms with Gasteiger partial charge in [0.1, 0.15) is 6.04 Å². The van der Waals surface area contributed by atoms with Crippen molar-refractivity contribution in [3.05, 3.63) is 0 Å². The van der Waals surface area contributed by atoms with Crippen molar-refractivity contribution in [2.24, 2.45) is 0 Å². The fourth-order valence-electron chi connectivity index (χ4n) is 1.06. The lowest BCUT2D eigenvalue weighted by Gasteiger charge is -2.13. The highest BCUT2D eigenvalue weighted by Gasteiger charge is 2.24. The summed E-state index contributed by atoms with van der Waals surface area (Å²) in [7, 11) is 0. The second-order valence-electron chi connectivity index (χ2n) is 3.41. The Bertz CT molecular complexity index is 207. The molecule has 1 saturated carbocycles. The lowest BCUT2D eigenvalue weighted by atomic mass is 10.1. The van der Waals surface area contributed by atoms with E-state index in [-0.39, 0.29) is 11.9 Å². The van der Waals surface area contributed by atoms with Crippen molar-refractivity contribution in [3.63, 3.8) is 0 Å². The molecule has 1 aliphatic rings. The Morgan fingerprint density at radius 1 is 1.64 bits per heavy atom. The fraction of sp³-hybridized carbons (Fsp3) is 0.778. The first-order chi connectivity index (χ1) is 6.77. The van der Waals surface area contributed by atoms with Gasteiger partial charge < -0.3 is 5.32 Å². The molecule has 1 fully saturated rings. The molecule has 1 unspecified atom stereocenters. The third kappa shape index (κ3) is 4.00. The largest absolute Gasteiger partial charge is 0.347 e. The van der Waals surface area contributed by atoms with Gasteiger partial charge in [0, 0.05) is 5.25 Å². The molecular weight excluding hydrogens is 200 g/mol. The first-order valence-corrected chi connectivity index (χ1v) is 5.81. The van der Waals surface area contributed by atoms with Crippen LogP contribution < -0.4 is 10.0 Å². The maximum absolute atomic E-state index is 11.5. The number of carbonyl (C=O) groups excluding carboxylic acids is 2. The van der Waals surface area contributed by atoms with E-state index in [1.54, 1.807) is 0 Å². The van der Waals surface area contributed by atoms with Crippen LogP contribution in [0.1, 0.15) is 32.6 Å². The quantitative estimate of drug-likeness (QED) is 0.489. The Labute approximate surface area is 88.3 Å². The molecule has 14 heavy (non-hydrogen) atoms. The first kappa shape index (κ1) is 11.4. The zero-order chi connectivity index (χ0) is 10.4. The van der Waals surface area contributed by atoms with Crippen LogP contribution in [0.3, 0.4) is 0 Å². The molecule has 4 nitrogen and oxygen atoms in total. The third-order valence-corrected chi connectivity index (χ3v) is 3.14. The molecular formula is C9H16N2O2S. The Morgan fingerprint density at radius 2 is 2.36 bits per heavy atom. The monoisotopic (exact) mass is 216 g/mol. The second-order valence-corrected chi connectivity index (χ2v) is 4.52. The van der Waals surface area contributed by atoms with Gasteiger partial charge in [-0.2, -0.15) is 0 Å². The SMILES string of the molecule is CCCC(NC=O)C(=O)NSC1CC1. The Kier molecular flexibility index (Phi) is 4.79. The van der Waals surface area contributed by atoms with Crippen molar-refractivity contribution in [3.8, 4) is 0 Å². The minimum absolute atomic E-state index is 0.0872. The van der Waals surface area contributed by atoms with Crippen LogP contribution in [0.2, 0.25) is 0 Å². The van der Waals surface area contributed by atoms with E-state index in [1.165, 1.54) is 24.8 Å². The van der Waals surface area contributed by atoms with Gasteiger partial charge >= 0.3 is 0 Å². The van der Waals surface area contributed by atoms with Crippen molar-refractivity contribution >= 4 is 24.3 Å². The molecule has 0 aliphatic heterocycles. The number of carbonyl (C=O) groups is 2. The summed E-state index contributed by atoms with van der Waals surface area (Å²) in [6.45, 7) is 1.99. The molecule has 0 radical (unpaired) electrons. The molecule has 5 heteroatoms. The van der Waals surface area contributed by atoms with E-state index < -0.39 is 0 Å². The summed E-state index contributed by atoms with van der Waals surface area (Å²) in [5.41, 5.74) is 0. The summed E-state index contributed by atoms with van der Waals surface area (Å²) in [4.78, 5) is 21.7. The standard InChI is InChI=1S/C9H16N2O2S/c1-2-3-8(10-6-12)9(13)11-14-7-4-5-7/h6-8H,2-5H2,1H3,(H,10,12)(H,11,13). The molecule has 1 aliphatic carbocycles. The van der Waals surface area contributed by atoms with E-state index >= 15 is 0 Å².